The highest BCUT2D eigenvalue weighted by atomic mass is 32.2. The SMILES string of the molecule is CCC(C)SCC(Cc1ccn(C(C)C)n1)NC. The molecule has 104 valence electrons. The van der Waals surface area contributed by atoms with Crippen LogP contribution in [0, 0.1) is 0 Å². The number of aromatic nitrogens is 2. The lowest BCUT2D eigenvalue weighted by atomic mass is 10.2. The summed E-state index contributed by atoms with van der Waals surface area (Å²) < 4.78 is 2.03. The molecule has 0 saturated carbocycles. The Morgan fingerprint density at radius 3 is 2.61 bits per heavy atom. The summed E-state index contributed by atoms with van der Waals surface area (Å²) in [6, 6.07) is 3.10. The van der Waals surface area contributed by atoms with E-state index in [4.69, 9.17) is 0 Å². The number of likely N-dealkylation sites (N-methyl/N-ethyl adjacent to an activating group) is 1. The molecule has 0 saturated heterocycles. The van der Waals surface area contributed by atoms with Crippen molar-refractivity contribution in [1.29, 1.82) is 0 Å². The second-order valence-corrected chi connectivity index (χ2v) is 6.59. The number of thioether (sulfide) groups is 1. The highest BCUT2D eigenvalue weighted by Gasteiger charge is 2.12. The van der Waals surface area contributed by atoms with Crippen LogP contribution < -0.4 is 5.32 Å². The number of nitrogens with one attached hydrogen (secondary N) is 1. The summed E-state index contributed by atoms with van der Waals surface area (Å²) in [6.07, 6.45) is 4.33. The van der Waals surface area contributed by atoms with Crippen LogP contribution in [0.15, 0.2) is 12.3 Å². The Bertz CT molecular complexity index is 336. The zero-order valence-electron chi connectivity index (χ0n) is 12.3. The van der Waals surface area contributed by atoms with Crippen molar-refractivity contribution >= 4 is 11.8 Å². The van der Waals surface area contributed by atoms with Gasteiger partial charge in [0.05, 0.1) is 5.69 Å². The van der Waals surface area contributed by atoms with E-state index in [9.17, 15) is 0 Å². The van der Waals surface area contributed by atoms with Crippen LogP contribution in [0.3, 0.4) is 0 Å². The van der Waals surface area contributed by atoms with Crippen LogP contribution in [0.1, 0.15) is 45.9 Å². The molecule has 1 N–H and O–H groups in total. The van der Waals surface area contributed by atoms with Gasteiger partial charge in [-0.3, -0.25) is 4.68 Å². The number of nitrogens with zero attached hydrogens (tertiary/aromatic N) is 2. The van der Waals surface area contributed by atoms with Crippen molar-refractivity contribution in [3.8, 4) is 0 Å². The van der Waals surface area contributed by atoms with Crippen LogP contribution in [0.5, 0.6) is 0 Å². The molecular weight excluding hydrogens is 242 g/mol. The third-order valence-electron chi connectivity index (χ3n) is 3.21. The van der Waals surface area contributed by atoms with E-state index in [1.165, 1.54) is 12.1 Å². The zero-order valence-corrected chi connectivity index (χ0v) is 13.1. The fourth-order valence-corrected chi connectivity index (χ4v) is 2.75. The molecule has 4 heteroatoms. The van der Waals surface area contributed by atoms with E-state index in [0.717, 1.165) is 17.4 Å². The van der Waals surface area contributed by atoms with Gasteiger partial charge in [0, 0.05) is 35.7 Å². The molecule has 0 aliphatic rings. The standard InChI is InChI=1S/C14H27N3S/c1-6-12(4)18-10-14(15-5)9-13-7-8-17(16-13)11(2)3/h7-8,11-12,14-15H,6,9-10H2,1-5H3. The molecule has 2 atom stereocenters. The van der Waals surface area contributed by atoms with Gasteiger partial charge in [-0.2, -0.15) is 16.9 Å². The van der Waals surface area contributed by atoms with E-state index in [0.29, 0.717) is 12.1 Å². The van der Waals surface area contributed by atoms with E-state index in [-0.39, 0.29) is 0 Å². The second-order valence-electron chi connectivity index (χ2n) is 5.12. The Labute approximate surface area is 116 Å². The molecule has 0 aliphatic carbocycles. The van der Waals surface area contributed by atoms with Gasteiger partial charge in [-0.1, -0.05) is 13.8 Å². The first-order valence-corrected chi connectivity index (χ1v) is 7.94. The summed E-state index contributed by atoms with van der Waals surface area (Å²) >= 11 is 2.04. The van der Waals surface area contributed by atoms with Gasteiger partial charge in [0.15, 0.2) is 0 Å². The summed E-state index contributed by atoms with van der Waals surface area (Å²) in [5.74, 6) is 1.15. The topological polar surface area (TPSA) is 29.9 Å². The van der Waals surface area contributed by atoms with E-state index in [1.807, 2.05) is 23.5 Å². The van der Waals surface area contributed by atoms with Crippen LogP contribution in [-0.2, 0) is 6.42 Å². The summed E-state index contributed by atoms with van der Waals surface area (Å²) in [4.78, 5) is 0. The van der Waals surface area contributed by atoms with Crippen molar-refractivity contribution in [2.24, 2.45) is 0 Å². The second kappa shape index (κ2) is 7.85. The maximum Gasteiger partial charge on any atom is 0.0640 e. The van der Waals surface area contributed by atoms with Crippen molar-refractivity contribution < 1.29 is 0 Å². The Hall–Kier alpha value is -0.480. The van der Waals surface area contributed by atoms with Crippen LogP contribution in [0.25, 0.3) is 0 Å². The fourth-order valence-electron chi connectivity index (χ4n) is 1.67. The van der Waals surface area contributed by atoms with Gasteiger partial charge >= 0.3 is 0 Å². The van der Waals surface area contributed by atoms with Crippen LogP contribution >= 0.6 is 11.8 Å². The largest absolute Gasteiger partial charge is 0.316 e. The molecule has 0 aromatic carbocycles. The minimum atomic E-state index is 0.446. The predicted molar refractivity (Wildman–Crippen MR) is 81.4 cm³/mol. The lowest BCUT2D eigenvalue weighted by Crippen LogP contribution is -2.31. The van der Waals surface area contributed by atoms with Gasteiger partial charge in [0.25, 0.3) is 0 Å². The van der Waals surface area contributed by atoms with Crippen molar-refractivity contribution in [1.82, 2.24) is 15.1 Å². The van der Waals surface area contributed by atoms with E-state index in [2.05, 4.69) is 50.4 Å². The normalized spacial score (nSPS) is 15.0. The average Bonchev–Trinajstić information content (AvgIpc) is 2.82. The number of hydrogen-bond donors (Lipinski definition) is 1. The molecule has 1 aromatic heterocycles. The Kier molecular flexibility index (Phi) is 6.79. The molecule has 1 aromatic rings. The average molecular weight is 269 g/mol. The number of hydrogen-bond acceptors (Lipinski definition) is 3. The van der Waals surface area contributed by atoms with Crippen molar-refractivity contribution in [2.75, 3.05) is 12.8 Å². The summed E-state index contributed by atoms with van der Waals surface area (Å²) in [7, 11) is 2.04. The Balaban J connectivity index is 2.46. The highest BCUT2D eigenvalue weighted by Crippen LogP contribution is 2.16. The molecule has 0 bridgehead atoms. The molecule has 0 aliphatic heterocycles. The van der Waals surface area contributed by atoms with Gasteiger partial charge in [-0.25, -0.2) is 0 Å². The lowest BCUT2D eigenvalue weighted by Gasteiger charge is -2.17. The molecule has 18 heavy (non-hydrogen) atoms. The third-order valence-corrected chi connectivity index (χ3v) is 4.71. The molecule has 0 fully saturated rings. The summed E-state index contributed by atoms with van der Waals surface area (Å²) in [6.45, 7) is 8.86. The van der Waals surface area contributed by atoms with Crippen LogP contribution in [-0.4, -0.2) is 33.9 Å². The maximum atomic E-state index is 4.61. The van der Waals surface area contributed by atoms with E-state index >= 15 is 0 Å². The van der Waals surface area contributed by atoms with Crippen molar-refractivity contribution in [3.63, 3.8) is 0 Å². The van der Waals surface area contributed by atoms with Gasteiger partial charge in [0.2, 0.25) is 0 Å². The predicted octanol–water partition coefficient (Wildman–Crippen LogP) is 3.13. The lowest BCUT2D eigenvalue weighted by molar-refractivity contribution is 0.518. The zero-order chi connectivity index (χ0) is 13.5. The van der Waals surface area contributed by atoms with Crippen LogP contribution in [0.4, 0.5) is 0 Å². The maximum absolute atomic E-state index is 4.61. The van der Waals surface area contributed by atoms with Crippen LogP contribution in [0.2, 0.25) is 0 Å². The molecule has 1 rings (SSSR count). The van der Waals surface area contributed by atoms with Gasteiger partial charge < -0.3 is 5.32 Å². The van der Waals surface area contributed by atoms with Gasteiger partial charge in [-0.15, -0.1) is 0 Å². The summed E-state index contributed by atoms with van der Waals surface area (Å²) in [5, 5.41) is 8.76. The molecule has 0 radical (unpaired) electrons. The third kappa shape index (κ3) is 5.02. The Morgan fingerprint density at radius 2 is 2.11 bits per heavy atom. The van der Waals surface area contributed by atoms with Gasteiger partial charge in [-0.05, 0) is 33.4 Å². The summed E-state index contributed by atoms with van der Waals surface area (Å²) in [5.41, 5.74) is 1.19. The molecule has 3 nitrogen and oxygen atoms in total. The molecule has 0 spiro atoms. The Morgan fingerprint density at radius 1 is 1.39 bits per heavy atom. The van der Waals surface area contributed by atoms with Crippen molar-refractivity contribution in [2.45, 2.75) is 57.9 Å². The highest BCUT2D eigenvalue weighted by molar-refractivity contribution is 7.99. The molecule has 0 amide bonds. The van der Waals surface area contributed by atoms with E-state index in [1.54, 1.807) is 0 Å². The van der Waals surface area contributed by atoms with Crippen molar-refractivity contribution in [3.05, 3.63) is 18.0 Å². The minimum absolute atomic E-state index is 0.446. The molecular formula is C14H27N3S. The smallest absolute Gasteiger partial charge is 0.0640 e. The fraction of sp³-hybridized carbons (Fsp3) is 0.786. The van der Waals surface area contributed by atoms with E-state index < -0.39 is 0 Å². The molecule has 1 heterocycles. The number of rotatable bonds is 8. The first kappa shape index (κ1) is 15.6. The van der Waals surface area contributed by atoms with Gasteiger partial charge in [0.1, 0.15) is 0 Å². The first-order chi connectivity index (χ1) is 8.56. The first-order valence-electron chi connectivity index (χ1n) is 6.89. The monoisotopic (exact) mass is 269 g/mol. The minimum Gasteiger partial charge on any atom is -0.316 e. The quantitative estimate of drug-likeness (QED) is 0.786. The molecule has 2 unspecified atom stereocenters.